The molecule has 1 atom stereocenters. The van der Waals surface area contributed by atoms with Crippen molar-refractivity contribution in [1.82, 2.24) is 0 Å². The van der Waals surface area contributed by atoms with Crippen molar-refractivity contribution < 1.29 is 5.11 Å². The summed E-state index contributed by atoms with van der Waals surface area (Å²) in [6, 6.07) is 6.21. The Kier molecular flexibility index (Phi) is 3.71. The van der Waals surface area contributed by atoms with Gasteiger partial charge in [-0.3, -0.25) is 0 Å². The van der Waals surface area contributed by atoms with Gasteiger partial charge in [0, 0.05) is 4.47 Å². The van der Waals surface area contributed by atoms with Gasteiger partial charge < -0.3 is 5.11 Å². The van der Waals surface area contributed by atoms with Crippen LogP contribution in [0, 0.1) is 20.8 Å². The third kappa shape index (κ3) is 2.46. The summed E-state index contributed by atoms with van der Waals surface area (Å²) in [5.74, 6) is 0. The molecule has 1 unspecified atom stereocenters. The number of aryl methyl sites for hydroxylation is 3. The van der Waals surface area contributed by atoms with E-state index in [9.17, 15) is 5.11 Å². The molecule has 0 fully saturated rings. The van der Waals surface area contributed by atoms with Crippen LogP contribution in [0.5, 0.6) is 0 Å². The summed E-state index contributed by atoms with van der Waals surface area (Å²) >= 11 is 5.06. The summed E-state index contributed by atoms with van der Waals surface area (Å²) in [6.45, 7) is 6.19. The van der Waals surface area contributed by atoms with E-state index in [-0.39, 0.29) is 0 Å². The molecular weight excluding hydrogens is 296 g/mol. The monoisotopic (exact) mass is 310 g/mol. The first kappa shape index (κ1) is 12.8. The molecule has 1 nitrogen and oxygen atoms in total. The molecular formula is C14H15BrOS. The van der Waals surface area contributed by atoms with E-state index < -0.39 is 6.10 Å². The first-order valence-corrected chi connectivity index (χ1v) is 7.16. The molecule has 0 aliphatic heterocycles. The SMILES string of the molecule is Cc1cc(C)c(C(O)c2sccc2Br)c(C)c1. The minimum atomic E-state index is -0.537. The number of hydrogen-bond acceptors (Lipinski definition) is 2. The Labute approximate surface area is 114 Å². The Morgan fingerprint density at radius 1 is 1.18 bits per heavy atom. The highest BCUT2D eigenvalue weighted by Gasteiger charge is 2.19. The number of rotatable bonds is 2. The van der Waals surface area contributed by atoms with Crippen LogP contribution >= 0.6 is 27.3 Å². The van der Waals surface area contributed by atoms with E-state index in [1.165, 1.54) is 5.56 Å². The van der Waals surface area contributed by atoms with Crippen LogP contribution < -0.4 is 0 Å². The lowest BCUT2D eigenvalue weighted by molar-refractivity contribution is 0.222. The molecule has 1 N–H and O–H groups in total. The van der Waals surface area contributed by atoms with Gasteiger partial charge in [-0.1, -0.05) is 17.7 Å². The van der Waals surface area contributed by atoms with Gasteiger partial charge in [-0.2, -0.15) is 0 Å². The van der Waals surface area contributed by atoms with Crippen molar-refractivity contribution in [1.29, 1.82) is 0 Å². The van der Waals surface area contributed by atoms with Gasteiger partial charge in [0.25, 0.3) is 0 Å². The number of aliphatic hydroxyl groups excluding tert-OH is 1. The highest BCUT2D eigenvalue weighted by atomic mass is 79.9. The van der Waals surface area contributed by atoms with Crippen LogP contribution in [0.4, 0.5) is 0 Å². The third-order valence-corrected chi connectivity index (χ3v) is 4.83. The van der Waals surface area contributed by atoms with Gasteiger partial charge in [0.05, 0.1) is 4.88 Å². The minimum absolute atomic E-state index is 0.537. The number of thiophene rings is 1. The molecule has 1 heterocycles. The maximum atomic E-state index is 10.5. The molecule has 0 amide bonds. The zero-order valence-corrected chi connectivity index (χ0v) is 12.5. The largest absolute Gasteiger partial charge is 0.383 e. The normalized spacial score (nSPS) is 12.8. The number of aliphatic hydroxyl groups is 1. The van der Waals surface area contributed by atoms with Gasteiger partial charge >= 0.3 is 0 Å². The summed E-state index contributed by atoms with van der Waals surface area (Å²) in [5.41, 5.74) is 4.56. The number of halogens is 1. The quantitative estimate of drug-likeness (QED) is 0.864. The van der Waals surface area contributed by atoms with Crippen LogP contribution in [0.15, 0.2) is 28.1 Å². The average molecular weight is 311 g/mol. The van der Waals surface area contributed by atoms with Crippen LogP contribution in [-0.4, -0.2) is 5.11 Å². The van der Waals surface area contributed by atoms with E-state index in [0.29, 0.717) is 0 Å². The van der Waals surface area contributed by atoms with E-state index in [1.54, 1.807) is 11.3 Å². The predicted molar refractivity (Wildman–Crippen MR) is 76.7 cm³/mol. The number of hydrogen-bond donors (Lipinski definition) is 1. The second-order valence-electron chi connectivity index (χ2n) is 4.35. The average Bonchev–Trinajstić information content (AvgIpc) is 2.62. The zero-order chi connectivity index (χ0) is 12.6. The summed E-state index contributed by atoms with van der Waals surface area (Å²) in [5, 5.41) is 12.5. The van der Waals surface area contributed by atoms with Gasteiger partial charge in [0.2, 0.25) is 0 Å². The third-order valence-electron chi connectivity index (χ3n) is 2.90. The Hall–Kier alpha value is -0.640. The highest BCUT2D eigenvalue weighted by Crippen LogP contribution is 2.35. The smallest absolute Gasteiger partial charge is 0.115 e. The van der Waals surface area contributed by atoms with E-state index in [2.05, 4.69) is 48.8 Å². The Morgan fingerprint density at radius 3 is 2.24 bits per heavy atom. The van der Waals surface area contributed by atoms with Crippen LogP contribution in [0.1, 0.15) is 33.2 Å². The Bertz CT molecular complexity index is 522. The first-order chi connectivity index (χ1) is 8.00. The van der Waals surface area contributed by atoms with Crippen molar-refractivity contribution in [2.24, 2.45) is 0 Å². The lowest BCUT2D eigenvalue weighted by atomic mass is 9.95. The maximum Gasteiger partial charge on any atom is 0.115 e. The molecule has 0 saturated carbocycles. The van der Waals surface area contributed by atoms with Crippen molar-refractivity contribution >= 4 is 27.3 Å². The van der Waals surface area contributed by atoms with Crippen molar-refractivity contribution in [2.45, 2.75) is 26.9 Å². The molecule has 0 aliphatic carbocycles. The lowest BCUT2D eigenvalue weighted by Crippen LogP contribution is -2.04. The summed E-state index contributed by atoms with van der Waals surface area (Å²) in [4.78, 5) is 0.972. The molecule has 0 radical (unpaired) electrons. The topological polar surface area (TPSA) is 20.2 Å². The van der Waals surface area contributed by atoms with Crippen LogP contribution in [0.2, 0.25) is 0 Å². The van der Waals surface area contributed by atoms with Crippen molar-refractivity contribution in [2.75, 3.05) is 0 Å². The molecule has 17 heavy (non-hydrogen) atoms. The van der Waals surface area contributed by atoms with E-state index in [0.717, 1.165) is 26.0 Å². The van der Waals surface area contributed by atoms with Gasteiger partial charge in [-0.25, -0.2) is 0 Å². The van der Waals surface area contributed by atoms with Crippen molar-refractivity contribution in [3.8, 4) is 0 Å². The highest BCUT2D eigenvalue weighted by molar-refractivity contribution is 9.10. The van der Waals surface area contributed by atoms with Gasteiger partial charge in [0.1, 0.15) is 6.10 Å². The fourth-order valence-corrected chi connectivity index (χ4v) is 3.84. The summed E-state index contributed by atoms with van der Waals surface area (Å²) in [7, 11) is 0. The molecule has 0 saturated heterocycles. The van der Waals surface area contributed by atoms with Gasteiger partial charge in [-0.15, -0.1) is 11.3 Å². The molecule has 2 aromatic rings. The fourth-order valence-electron chi connectivity index (χ4n) is 2.25. The predicted octanol–water partition coefficient (Wildman–Crippen LogP) is 4.52. The molecule has 90 valence electrons. The lowest BCUT2D eigenvalue weighted by Gasteiger charge is -2.17. The minimum Gasteiger partial charge on any atom is -0.383 e. The zero-order valence-electron chi connectivity index (χ0n) is 10.1. The van der Waals surface area contributed by atoms with Crippen molar-refractivity contribution in [3.05, 3.63) is 55.2 Å². The van der Waals surface area contributed by atoms with Gasteiger partial charge in [-0.05, 0) is 64.8 Å². The maximum absolute atomic E-state index is 10.5. The van der Waals surface area contributed by atoms with Crippen LogP contribution in [0.3, 0.4) is 0 Å². The number of benzene rings is 1. The Balaban J connectivity index is 2.51. The van der Waals surface area contributed by atoms with Crippen molar-refractivity contribution in [3.63, 3.8) is 0 Å². The summed E-state index contributed by atoms with van der Waals surface area (Å²) < 4.78 is 0.981. The first-order valence-electron chi connectivity index (χ1n) is 5.49. The Morgan fingerprint density at radius 2 is 1.76 bits per heavy atom. The molecule has 2 rings (SSSR count). The van der Waals surface area contributed by atoms with E-state index in [4.69, 9.17) is 0 Å². The molecule has 0 aliphatic rings. The van der Waals surface area contributed by atoms with Crippen LogP contribution in [-0.2, 0) is 0 Å². The van der Waals surface area contributed by atoms with Gasteiger partial charge in [0.15, 0.2) is 0 Å². The summed E-state index contributed by atoms with van der Waals surface area (Å²) in [6.07, 6.45) is -0.537. The molecule has 1 aromatic heterocycles. The van der Waals surface area contributed by atoms with E-state index in [1.807, 2.05) is 11.4 Å². The standard InChI is InChI=1S/C14H15BrOS/c1-8-6-9(2)12(10(3)7-8)13(16)14-11(15)4-5-17-14/h4-7,13,16H,1-3H3. The molecule has 1 aromatic carbocycles. The second-order valence-corrected chi connectivity index (χ2v) is 6.15. The molecule has 3 heteroatoms. The second kappa shape index (κ2) is 4.92. The van der Waals surface area contributed by atoms with Crippen LogP contribution in [0.25, 0.3) is 0 Å². The molecule has 0 spiro atoms. The van der Waals surface area contributed by atoms with E-state index >= 15 is 0 Å². The fraction of sp³-hybridized carbons (Fsp3) is 0.286. The molecule has 0 bridgehead atoms.